The summed E-state index contributed by atoms with van der Waals surface area (Å²) in [7, 11) is 0. The Morgan fingerprint density at radius 3 is 2.34 bits per heavy atom. The van der Waals surface area contributed by atoms with Crippen molar-refractivity contribution >= 4 is 58.1 Å². The molecule has 0 bridgehead atoms. The predicted octanol–water partition coefficient (Wildman–Crippen LogP) is 6.49. The number of non-ortho nitro benzene ring substituents is 1. The Bertz CT molecular complexity index is 1220. The van der Waals surface area contributed by atoms with Crippen LogP contribution in [0.4, 0.5) is 17.1 Å². The number of halogens is 3. The summed E-state index contributed by atoms with van der Waals surface area (Å²) in [6.45, 7) is 0.153. The molecule has 0 aliphatic carbocycles. The van der Waals surface area contributed by atoms with Crippen molar-refractivity contribution in [3.63, 3.8) is 0 Å². The molecular weight excluding hydrogens is 483 g/mol. The van der Waals surface area contributed by atoms with E-state index in [0.29, 0.717) is 31.9 Å². The average Bonchev–Trinajstić information content (AvgIpc) is 2.74. The van der Waals surface area contributed by atoms with E-state index in [1.54, 1.807) is 36.4 Å². The Labute approximate surface area is 196 Å². The first-order valence-corrected chi connectivity index (χ1v) is 9.96. The molecule has 0 radical (unpaired) electrons. The number of nitro groups is 2. The number of ether oxygens (including phenoxy) is 1. The number of nitrogens with one attached hydrogen (secondary N) is 1. The van der Waals surface area contributed by atoms with Crippen molar-refractivity contribution in [1.82, 2.24) is 0 Å². The number of nitrogens with zero attached hydrogens (tertiary/aromatic N) is 3. The molecule has 1 N–H and O–H groups in total. The molecule has 0 heterocycles. The van der Waals surface area contributed by atoms with E-state index in [9.17, 15) is 20.2 Å². The smallest absolute Gasteiger partial charge is 0.301 e. The van der Waals surface area contributed by atoms with Crippen LogP contribution in [0.25, 0.3) is 0 Å². The topological polar surface area (TPSA) is 120 Å². The molecule has 3 rings (SSSR count). The van der Waals surface area contributed by atoms with Gasteiger partial charge in [-0.3, -0.25) is 25.7 Å². The molecule has 0 saturated carbocycles. The van der Waals surface area contributed by atoms with E-state index in [0.717, 1.165) is 12.1 Å². The van der Waals surface area contributed by atoms with Gasteiger partial charge in [-0.15, -0.1) is 0 Å². The third kappa shape index (κ3) is 5.85. The average molecular weight is 496 g/mol. The van der Waals surface area contributed by atoms with Gasteiger partial charge in [0.1, 0.15) is 18.0 Å². The molecule has 12 heteroatoms. The first-order valence-electron chi connectivity index (χ1n) is 8.83. The van der Waals surface area contributed by atoms with Gasteiger partial charge in [-0.1, -0.05) is 40.9 Å². The lowest BCUT2D eigenvalue weighted by Gasteiger charge is -2.11. The second kappa shape index (κ2) is 10.3. The van der Waals surface area contributed by atoms with Gasteiger partial charge < -0.3 is 4.74 Å². The summed E-state index contributed by atoms with van der Waals surface area (Å²) in [5.74, 6) is 0.434. The van der Waals surface area contributed by atoms with Crippen molar-refractivity contribution in [2.24, 2.45) is 5.10 Å². The van der Waals surface area contributed by atoms with Crippen LogP contribution in [0.3, 0.4) is 0 Å². The lowest BCUT2D eigenvalue weighted by molar-refractivity contribution is -0.393. The van der Waals surface area contributed by atoms with Gasteiger partial charge in [-0.05, 0) is 36.4 Å². The molecule has 0 aromatic heterocycles. The minimum Gasteiger partial charge on any atom is -0.488 e. The van der Waals surface area contributed by atoms with Crippen LogP contribution in [0.15, 0.2) is 59.7 Å². The van der Waals surface area contributed by atoms with E-state index >= 15 is 0 Å². The first kappa shape index (κ1) is 23.3. The number of rotatable bonds is 8. The maximum Gasteiger partial charge on any atom is 0.301 e. The van der Waals surface area contributed by atoms with E-state index in [-0.39, 0.29) is 12.3 Å². The number of nitro benzene ring substituents is 2. The molecule has 3 aromatic rings. The van der Waals surface area contributed by atoms with Crippen molar-refractivity contribution in [3.05, 3.63) is 101 Å². The minimum atomic E-state index is -0.741. The van der Waals surface area contributed by atoms with Gasteiger partial charge in [0, 0.05) is 32.3 Å². The van der Waals surface area contributed by atoms with Gasteiger partial charge in [-0.2, -0.15) is 5.10 Å². The van der Waals surface area contributed by atoms with E-state index in [1.165, 1.54) is 12.3 Å². The van der Waals surface area contributed by atoms with Crippen LogP contribution in [0.1, 0.15) is 11.1 Å². The first-order chi connectivity index (χ1) is 15.2. The molecule has 164 valence electrons. The number of hydrogen-bond donors (Lipinski definition) is 1. The fourth-order valence-corrected chi connectivity index (χ4v) is 3.24. The minimum absolute atomic E-state index is 0.0192. The molecule has 0 spiro atoms. The normalized spacial score (nSPS) is 10.8. The van der Waals surface area contributed by atoms with Crippen LogP contribution in [-0.2, 0) is 6.61 Å². The molecule has 0 fully saturated rings. The standard InChI is InChI=1S/C20H13Cl3N4O5/c21-14-3-6-20(32-11-12-1-2-15(22)8-17(12)23)13(7-14)10-24-25-18-5-4-16(26(28)29)9-19(18)27(30)31/h1-10,25H,11H2/b24-10+. The number of hydrazone groups is 1. The largest absolute Gasteiger partial charge is 0.488 e. The van der Waals surface area contributed by atoms with E-state index < -0.39 is 21.2 Å². The van der Waals surface area contributed by atoms with Crippen molar-refractivity contribution in [3.8, 4) is 5.75 Å². The van der Waals surface area contributed by atoms with Gasteiger partial charge in [0.25, 0.3) is 5.69 Å². The fourth-order valence-electron chi connectivity index (χ4n) is 2.60. The Hall–Kier alpha value is -3.40. The van der Waals surface area contributed by atoms with E-state index in [1.807, 2.05) is 0 Å². The number of benzene rings is 3. The third-order valence-electron chi connectivity index (χ3n) is 4.15. The van der Waals surface area contributed by atoms with Gasteiger partial charge in [-0.25, -0.2) is 0 Å². The summed E-state index contributed by atoms with van der Waals surface area (Å²) in [6.07, 6.45) is 1.36. The summed E-state index contributed by atoms with van der Waals surface area (Å²) in [5.41, 5.74) is 2.80. The summed E-state index contributed by atoms with van der Waals surface area (Å²) in [4.78, 5) is 20.6. The maximum absolute atomic E-state index is 11.2. The summed E-state index contributed by atoms with van der Waals surface area (Å²) in [5, 5.41) is 27.4. The zero-order valence-corrected chi connectivity index (χ0v) is 18.3. The van der Waals surface area contributed by atoms with Gasteiger partial charge in [0.2, 0.25) is 0 Å². The van der Waals surface area contributed by atoms with Crippen LogP contribution in [0.2, 0.25) is 15.1 Å². The lowest BCUT2D eigenvalue weighted by Crippen LogP contribution is -2.01. The van der Waals surface area contributed by atoms with E-state index in [4.69, 9.17) is 39.5 Å². The van der Waals surface area contributed by atoms with Crippen molar-refractivity contribution in [2.75, 3.05) is 5.43 Å². The molecule has 0 aliphatic heterocycles. The maximum atomic E-state index is 11.2. The molecule has 0 atom stereocenters. The quantitative estimate of drug-likeness (QED) is 0.217. The van der Waals surface area contributed by atoms with Crippen molar-refractivity contribution < 1.29 is 14.6 Å². The van der Waals surface area contributed by atoms with Crippen LogP contribution < -0.4 is 10.2 Å². The van der Waals surface area contributed by atoms with Crippen molar-refractivity contribution in [2.45, 2.75) is 6.61 Å². The fraction of sp³-hybridized carbons (Fsp3) is 0.0500. The number of anilines is 1. The van der Waals surface area contributed by atoms with Crippen LogP contribution in [0.5, 0.6) is 5.75 Å². The molecule has 32 heavy (non-hydrogen) atoms. The Kier molecular flexibility index (Phi) is 7.47. The monoisotopic (exact) mass is 494 g/mol. The summed E-state index contributed by atoms with van der Waals surface area (Å²) in [6, 6.07) is 13.1. The highest BCUT2D eigenvalue weighted by molar-refractivity contribution is 6.35. The lowest BCUT2D eigenvalue weighted by atomic mass is 10.2. The second-order valence-electron chi connectivity index (χ2n) is 6.29. The molecule has 9 nitrogen and oxygen atoms in total. The zero-order chi connectivity index (χ0) is 23.3. The molecule has 0 unspecified atom stereocenters. The van der Waals surface area contributed by atoms with Crippen molar-refractivity contribution in [1.29, 1.82) is 0 Å². The van der Waals surface area contributed by atoms with Gasteiger partial charge >= 0.3 is 5.69 Å². The number of hydrogen-bond acceptors (Lipinski definition) is 7. The molecule has 0 amide bonds. The highest BCUT2D eigenvalue weighted by Gasteiger charge is 2.19. The van der Waals surface area contributed by atoms with Crippen LogP contribution in [0, 0.1) is 20.2 Å². The Morgan fingerprint density at radius 1 is 0.938 bits per heavy atom. The second-order valence-corrected chi connectivity index (χ2v) is 7.57. The molecule has 3 aromatic carbocycles. The molecular formula is C20H13Cl3N4O5. The van der Waals surface area contributed by atoms with Crippen LogP contribution >= 0.6 is 34.8 Å². The highest BCUT2D eigenvalue weighted by Crippen LogP contribution is 2.29. The van der Waals surface area contributed by atoms with Gasteiger partial charge in [0.05, 0.1) is 22.1 Å². The molecule has 0 saturated heterocycles. The van der Waals surface area contributed by atoms with Crippen LogP contribution in [-0.4, -0.2) is 16.1 Å². The predicted molar refractivity (Wildman–Crippen MR) is 123 cm³/mol. The molecule has 0 aliphatic rings. The summed E-state index contributed by atoms with van der Waals surface area (Å²) >= 11 is 18.1. The van der Waals surface area contributed by atoms with E-state index in [2.05, 4.69) is 10.5 Å². The Balaban J connectivity index is 1.79. The highest BCUT2D eigenvalue weighted by atomic mass is 35.5. The van der Waals surface area contributed by atoms with Gasteiger partial charge in [0.15, 0.2) is 0 Å². The Morgan fingerprint density at radius 2 is 1.66 bits per heavy atom. The zero-order valence-electron chi connectivity index (χ0n) is 16.0. The SMILES string of the molecule is O=[N+]([O-])c1ccc(N/N=C/c2cc(Cl)ccc2OCc2ccc(Cl)cc2Cl)c([N+](=O)[O-])c1. The summed E-state index contributed by atoms with van der Waals surface area (Å²) < 4.78 is 5.82. The third-order valence-corrected chi connectivity index (χ3v) is 4.97.